The fourth-order valence-corrected chi connectivity index (χ4v) is 4.50. The molecule has 1 N–H and O–H groups in total. The van der Waals surface area contributed by atoms with Crippen molar-refractivity contribution in [3.05, 3.63) is 0 Å². The van der Waals surface area contributed by atoms with E-state index in [9.17, 15) is 13.2 Å². The highest BCUT2D eigenvalue weighted by Gasteiger charge is 2.36. The van der Waals surface area contributed by atoms with Crippen molar-refractivity contribution in [3.8, 4) is 12.3 Å². The minimum Gasteiger partial charge on any atom is -0.326 e. The molecule has 1 amide bonds. The molecule has 19 heavy (non-hydrogen) atoms. The smallest absolute Gasteiger partial charge is 0.240 e. The molecule has 2 atom stereocenters. The first-order chi connectivity index (χ1) is 9.03. The van der Waals surface area contributed by atoms with Gasteiger partial charge in [-0.2, -0.15) is 0 Å². The summed E-state index contributed by atoms with van der Waals surface area (Å²) in [5, 5.41) is 3.19. The van der Waals surface area contributed by atoms with Gasteiger partial charge >= 0.3 is 0 Å². The number of amides is 1. The highest BCUT2D eigenvalue weighted by Crippen LogP contribution is 2.20. The van der Waals surface area contributed by atoms with Crippen molar-refractivity contribution in [3.63, 3.8) is 0 Å². The molecule has 6 heteroatoms. The van der Waals surface area contributed by atoms with E-state index in [2.05, 4.69) is 11.2 Å². The second-order valence-corrected chi connectivity index (χ2v) is 7.46. The summed E-state index contributed by atoms with van der Waals surface area (Å²) in [5.41, 5.74) is 0. The molecule has 2 heterocycles. The number of hydrogen-bond donors (Lipinski definition) is 1. The van der Waals surface area contributed by atoms with Crippen molar-refractivity contribution in [1.29, 1.82) is 0 Å². The summed E-state index contributed by atoms with van der Waals surface area (Å²) < 4.78 is 23.1. The van der Waals surface area contributed by atoms with E-state index in [1.54, 1.807) is 4.90 Å². The fraction of sp³-hybridized carbons (Fsp3) is 0.769. The van der Waals surface area contributed by atoms with Crippen molar-refractivity contribution in [2.24, 2.45) is 0 Å². The molecule has 2 fully saturated rings. The summed E-state index contributed by atoms with van der Waals surface area (Å²) in [6, 6.07) is -0.456. The Morgan fingerprint density at radius 1 is 1.37 bits per heavy atom. The van der Waals surface area contributed by atoms with E-state index in [0.717, 1.165) is 25.8 Å². The van der Waals surface area contributed by atoms with E-state index in [-0.39, 0.29) is 36.0 Å². The van der Waals surface area contributed by atoms with Gasteiger partial charge < -0.3 is 10.2 Å². The average molecular weight is 284 g/mol. The number of nitrogens with one attached hydrogen (secondary N) is 1. The molecule has 0 aliphatic carbocycles. The minimum atomic E-state index is -3.01. The molecule has 2 aliphatic rings. The number of sulfone groups is 1. The van der Waals surface area contributed by atoms with E-state index in [1.807, 2.05) is 0 Å². The Bertz CT molecular complexity index is 475. The second kappa shape index (κ2) is 5.93. The van der Waals surface area contributed by atoms with Crippen LogP contribution >= 0.6 is 0 Å². The van der Waals surface area contributed by atoms with Crippen LogP contribution in [0.15, 0.2) is 0 Å². The molecule has 2 rings (SSSR count). The zero-order chi connectivity index (χ0) is 13.9. The molecule has 1 unspecified atom stereocenters. The van der Waals surface area contributed by atoms with E-state index in [1.165, 1.54) is 0 Å². The van der Waals surface area contributed by atoms with E-state index < -0.39 is 9.84 Å². The molecule has 106 valence electrons. The zero-order valence-electron chi connectivity index (χ0n) is 11.0. The molecule has 0 spiro atoms. The maximum Gasteiger partial charge on any atom is 0.240 e. The molecular weight excluding hydrogens is 264 g/mol. The molecule has 2 saturated heterocycles. The van der Waals surface area contributed by atoms with Crippen molar-refractivity contribution >= 4 is 15.7 Å². The maximum atomic E-state index is 12.5. The van der Waals surface area contributed by atoms with Crippen LogP contribution in [0.5, 0.6) is 0 Å². The molecule has 0 bridgehead atoms. The van der Waals surface area contributed by atoms with Crippen LogP contribution in [0.2, 0.25) is 0 Å². The van der Waals surface area contributed by atoms with Crippen LogP contribution in [-0.2, 0) is 14.6 Å². The number of carbonyl (C=O) groups is 1. The SMILES string of the molecule is C#CCN(C(=O)[C@H]1CCCCN1)C1CCS(=O)(=O)C1. The zero-order valence-corrected chi connectivity index (χ0v) is 11.8. The van der Waals surface area contributed by atoms with Gasteiger partial charge in [-0.05, 0) is 25.8 Å². The monoisotopic (exact) mass is 284 g/mol. The molecule has 5 nitrogen and oxygen atoms in total. The quantitative estimate of drug-likeness (QED) is 0.728. The number of nitrogens with zero attached hydrogens (tertiary/aromatic N) is 1. The van der Waals surface area contributed by atoms with Crippen LogP contribution in [0.3, 0.4) is 0 Å². The first-order valence-corrected chi connectivity index (χ1v) is 8.53. The highest BCUT2D eigenvalue weighted by molar-refractivity contribution is 7.91. The Labute approximate surface area is 114 Å². The lowest BCUT2D eigenvalue weighted by Crippen LogP contribution is -2.52. The van der Waals surface area contributed by atoms with Crippen molar-refractivity contribution < 1.29 is 13.2 Å². The highest BCUT2D eigenvalue weighted by atomic mass is 32.2. The second-order valence-electron chi connectivity index (χ2n) is 5.23. The third-order valence-electron chi connectivity index (χ3n) is 3.80. The lowest BCUT2D eigenvalue weighted by molar-refractivity contribution is -0.135. The summed E-state index contributed by atoms with van der Waals surface area (Å²) in [6.07, 6.45) is 8.73. The van der Waals surface area contributed by atoms with Gasteiger partial charge in [0, 0.05) is 6.04 Å². The lowest BCUT2D eigenvalue weighted by atomic mass is 10.0. The Balaban J connectivity index is 2.07. The van der Waals surface area contributed by atoms with E-state index in [4.69, 9.17) is 6.42 Å². The fourth-order valence-electron chi connectivity index (χ4n) is 2.77. The third-order valence-corrected chi connectivity index (χ3v) is 5.55. The number of piperidine rings is 1. The molecular formula is C13H20N2O3S. The first kappa shape index (κ1) is 14.4. The van der Waals surface area contributed by atoms with Crippen LogP contribution in [0.25, 0.3) is 0 Å². The summed E-state index contributed by atoms with van der Waals surface area (Å²) in [5.74, 6) is 2.64. The lowest BCUT2D eigenvalue weighted by Gasteiger charge is -2.32. The van der Waals surface area contributed by atoms with Crippen LogP contribution in [-0.4, -0.2) is 55.9 Å². The van der Waals surface area contributed by atoms with Crippen molar-refractivity contribution in [2.75, 3.05) is 24.6 Å². The molecule has 0 saturated carbocycles. The topological polar surface area (TPSA) is 66.5 Å². The Morgan fingerprint density at radius 2 is 2.16 bits per heavy atom. The minimum absolute atomic E-state index is 0.0419. The number of terminal acetylenes is 1. The number of carbonyl (C=O) groups excluding carboxylic acids is 1. The van der Waals surface area contributed by atoms with Gasteiger partial charge in [0.15, 0.2) is 9.84 Å². The molecule has 0 aromatic rings. The van der Waals surface area contributed by atoms with E-state index >= 15 is 0 Å². The van der Waals surface area contributed by atoms with Crippen LogP contribution in [0.1, 0.15) is 25.7 Å². The molecule has 2 aliphatic heterocycles. The standard InChI is InChI=1S/C13H20N2O3S/c1-2-8-15(11-6-9-19(17,18)10-11)13(16)12-5-3-4-7-14-12/h1,11-12,14H,3-10H2/t11?,12-/m1/s1. The largest absolute Gasteiger partial charge is 0.326 e. The van der Waals surface area contributed by atoms with Gasteiger partial charge in [-0.15, -0.1) is 6.42 Å². The van der Waals surface area contributed by atoms with Crippen molar-refractivity contribution in [1.82, 2.24) is 10.2 Å². The summed E-state index contributed by atoms with van der Waals surface area (Å²) in [6.45, 7) is 1.03. The summed E-state index contributed by atoms with van der Waals surface area (Å²) >= 11 is 0. The Morgan fingerprint density at radius 3 is 2.68 bits per heavy atom. The molecule has 0 aromatic heterocycles. The predicted molar refractivity (Wildman–Crippen MR) is 73.2 cm³/mol. The number of hydrogen-bond acceptors (Lipinski definition) is 4. The average Bonchev–Trinajstić information content (AvgIpc) is 2.76. The van der Waals surface area contributed by atoms with Gasteiger partial charge in [0.1, 0.15) is 0 Å². The first-order valence-electron chi connectivity index (χ1n) is 6.71. The summed E-state index contributed by atoms with van der Waals surface area (Å²) in [7, 11) is -3.01. The van der Waals surface area contributed by atoms with Gasteiger partial charge in [0.05, 0.1) is 24.1 Å². The van der Waals surface area contributed by atoms with Crippen LogP contribution in [0, 0.1) is 12.3 Å². The predicted octanol–water partition coefficient (Wildman–Crippen LogP) is -0.223. The van der Waals surface area contributed by atoms with E-state index in [0.29, 0.717) is 6.42 Å². The van der Waals surface area contributed by atoms with Gasteiger partial charge in [-0.1, -0.05) is 12.3 Å². The van der Waals surface area contributed by atoms with Gasteiger partial charge in [-0.3, -0.25) is 4.79 Å². The van der Waals surface area contributed by atoms with Crippen molar-refractivity contribution in [2.45, 2.75) is 37.8 Å². The van der Waals surface area contributed by atoms with Crippen LogP contribution < -0.4 is 5.32 Å². The maximum absolute atomic E-state index is 12.5. The normalized spacial score (nSPS) is 29.6. The number of rotatable bonds is 3. The molecule has 0 radical (unpaired) electrons. The van der Waals surface area contributed by atoms with Crippen LogP contribution in [0.4, 0.5) is 0 Å². The third kappa shape index (κ3) is 3.48. The van der Waals surface area contributed by atoms with Gasteiger partial charge in [-0.25, -0.2) is 8.42 Å². The van der Waals surface area contributed by atoms with Gasteiger partial charge in [0.25, 0.3) is 0 Å². The molecule has 0 aromatic carbocycles. The Kier molecular flexibility index (Phi) is 4.48. The Hall–Kier alpha value is -1.06. The summed E-state index contributed by atoms with van der Waals surface area (Å²) in [4.78, 5) is 14.0. The van der Waals surface area contributed by atoms with Gasteiger partial charge in [0.2, 0.25) is 5.91 Å².